The maximum atomic E-state index is 12.6. The molecule has 0 saturated carbocycles. The molecule has 0 fully saturated rings. The largest absolute Gasteiger partial charge is 0.396 e. The van der Waals surface area contributed by atoms with E-state index < -0.39 is 5.41 Å². The third-order valence-electron chi connectivity index (χ3n) is 5.48. The Morgan fingerprint density at radius 1 is 1.28 bits per heavy atom. The number of rotatable bonds is 7. The van der Waals surface area contributed by atoms with E-state index in [1.165, 1.54) is 0 Å². The first-order valence-corrected chi connectivity index (χ1v) is 9.70. The number of carbonyl (C=O) groups is 1. The van der Waals surface area contributed by atoms with Crippen molar-refractivity contribution in [2.75, 3.05) is 13.2 Å². The van der Waals surface area contributed by atoms with Gasteiger partial charge < -0.3 is 10.4 Å². The molecule has 0 bridgehead atoms. The van der Waals surface area contributed by atoms with Gasteiger partial charge in [0, 0.05) is 24.7 Å². The van der Waals surface area contributed by atoms with Crippen LogP contribution in [-0.2, 0) is 24.7 Å². The summed E-state index contributed by atoms with van der Waals surface area (Å²) in [7, 11) is 1.74. The highest BCUT2D eigenvalue weighted by molar-refractivity contribution is 5.84. The van der Waals surface area contributed by atoms with Crippen molar-refractivity contribution in [3.05, 3.63) is 63.1 Å². The van der Waals surface area contributed by atoms with Gasteiger partial charge in [-0.25, -0.2) is 4.98 Å². The normalized spacial score (nSPS) is 13.4. The molecular formula is C22H28N4O3. The van der Waals surface area contributed by atoms with Crippen LogP contribution >= 0.6 is 0 Å². The van der Waals surface area contributed by atoms with Gasteiger partial charge in [0.05, 0.1) is 18.4 Å². The van der Waals surface area contributed by atoms with Gasteiger partial charge in [-0.15, -0.1) is 0 Å². The van der Waals surface area contributed by atoms with E-state index in [9.17, 15) is 14.7 Å². The van der Waals surface area contributed by atoms with Gasteiger partial charge in [-0.2, -0.15) is 0 Å². The number of aromatic amines is 1. The fraction of sp³-hybridized carbons (Fsp3) is 0.409. The highest BCUT2D eigenvalue weighted by atomic mass is 16.3. The van der Waals surface area contributed by atoms with Crippen molar-refractivity contribution in [3.8, 4) is 0 Å². The number of amides is 1. The van der Waals surface area contributed by atoms with Gasteiger partial charge in [-0.3, -0.25) is 19.4 Å². The van der Waals surface area contributed by atoms with E-state index in [4.69, 9.17) is 0 Å². The number of fused-ring (bicyclic) bond motifs is 1. The lowest BCUT2D eigenvalue weighted by atomic mass is 9.84. The molecule has 29 heavy (non-hydrogen) atoms. The van der Waals surface area contributed by atoms with Crippen LogP contribution in [0.5, 0.6) is 0 Å². The van der Waals surface area contributed by atoms with Crippen molar-refractivity contribution in [1.29, 1.82) is 0 Å². The minimum absolute atomic E-state index is 0.0346. The molecule has 7 nitrogen and oxygen atoms in total. The van der Waals surface area contributed by atoms with E-state index >= 15 is 0 Å². The summed E-state index contributed by atoms with van der Waals surface area (Å²) in [5.41, 5.74) is 3.31. The van der Waals surface area contributed by atoms with Crippen molar-refractivity contribution in [2.45, 2.75) is 33.6 Å². The molecule has 1 amide bonds. The maximum absolute atomic E-state index is 12.6. The van der Waals surface area contributed by atoms with E-state index in [1.807, 2.05) is 51.1 Å². The Morgan fingerprint density at radius 2 is 1.97 bits per heavy atom. The average Bonchev–Trinajstić information content (AvgIpc) is 2.97. The Balaban J connectivity index is 1.73. The lowest BCUT2D eigenvalue weighted by molar-refractivity contribution is -0.121. The van der Waals surface area contributed by atoms with Gasteiger partial charge in [-0.1, -0.05) is 37.3 Å². The van der Waals surface area contributed by atoms with Crippen LogP contribution in [0.2, 0.25) is 0 Å². The van der Waals surface area contributed by atoms with E-state index in [2.05, 4.69) is 15.4 Å². The third-order valence-corrected chi connectivity index (χ3v) is 5.48. The van der Waals surface area contributed by atoms with Crippen LogP contribution in [0.1, 0.15) is 29.3 Å². The predicted molar refractivity (Wildman–Crippen MR) is 113 cm³/mol. The summed E-state index contributed by atoms with van der Waals surface area (Å²) in [5.74, 6) is -0.155. The molecule has 2 aromatic heterocycles. The standard InChI is InChI=1S/C22H28N4O3/c1-14-17(15(2)24-20-19(14)21(29)25-26(20)4)10-18(28)23-12-22(3,13-27)11-16-8-6-5-7-9-16/h5-9,27H,10-13H2,1-4H3,(H,23,28)(H,25,29)/t22-/m0/s1. The first-order chi connectivity index (χ1) is 13.7. The minimum Gasteiger partial charge on any atom is -0.396 e. The van der Waals surface area contributed by atoms with Crippen LogP contribution in [0.4, 0.5) is 0 Å². The number of aliphatic hydroxyl groups excluding tert-OH is 1. The highest BCUT2D eigenvalue weighted by Crippen LogP contribution is 2.22. The molecule has 1 atom stereocenters. The van der Waals surface area contributed by atoms with Crippen molar-refractivity contribution >= 4 is 16.9 Å². The SMILES string of the molecule is Cc1nc2c(c(C)c1CC(=O)NC[C@@](C)(CO)Cc1ccccc1)c(=O)[nH]n2C. The van der Waals surface area contributed by atoms with Crippen LogP contribution in [0, 0.1) is 19.3 Å². The lowest BCUT2D eigenvalue weighted by Crippen LogP contribution is -2.40. The van der Waals surface area contributed by atoms with E-state index in [0.29, 0.717) is 24.0 Å². The minimum atomic E-state index is -0.458. The smallest absolute Gasteiger partial charge is 0.273 e. The molecule has 0 saturated heterocycles. The zero-order chi connectivity index (χ0) is 21.2. The topological polar surface area (TPSA) is 100 Å². The average molecular weight is 396 g/mol. The molecule has 0 unspecified atom stereocenters. The summed E-state index contributed by atoms with van der Waals surface area (Å²) in [6, 6.07) is 9.91. The summed E-state index contributed by atoms with van der Waals surface area (Å²) in [4.78, 5) is 29.3. The zero-order valence-corrected chi connectivity index (χ0v) is 17.4. The first kappa shape index (κ1) is 20.8. The number of aromatic nitrogens is 3. The van der Waals surface area contributed by atoms with E-state index in [1.54, 1.807) is 11.7 Å². The van der Waals surface area contributed by atoms with Crippen LogP contribution < -0.4 is 10.9 Å². The molecule has 0 aliphatic carbocycles. The number of aryl methyl sites for hydroxylation is 3. The number of aliphatic hydroxyl groups is 1. The van der Waals surface area contributed by atoms with Gasteiger partial charge in [0.2, 0.25) is 5.91 Å². The molecule has 0 aliphatic heterocycles. The molecule has 154 valence electrons. The van der Waals surface area contributed by atoms with Crippen molar-refractivity contribution in [1.82, 2.24) is 20.1 Å². The predicted octanol–water partition coefficient (Wildman–Crippen LogP) is 1.78. The second-order valence-corrected chi connectivity index (χ2v) is 8.08. The van der Waals surface area contributed by atoms with Gasteiger partial charge >= 0.3 is 0 Å². The lowest BCUT2D eigenvalue weighted by Gasteiger charge is -2.28. The Kier molecular flexibility index (Phi) is 5.88. The van der Waals surface area contributed by atoms with Gasteiger partial charge in [-0.05, 0) is 37.0 Å². The Bertz CT molecular complexity index is 1080. The van der Waals surface area contributed by atoms with Gasteiger partial charge in [0.15, 0.2) is 5.65 Å². The molecule has 3 N–H and O–H groups in total. The monoisotopic (exact) mass is 396 g/mol. The summed E-state index contributed by atoms with van der Waals surface area (Å²) >= 11 is 0. The molecule has 7 heteroatoms. The molecule has 3 aromatic rings. The molecule has 1 aromatic carbocycles. The molecule has 0 radical (unpaired) electrons. The fourth-order valence-electron chi connectivity index (χ4n) is 3.71. The Hall–Kier alpha value is -2.93. The molecular weight excluding hydrogens is 368 g/mol. The summed E-state index contributed by atoms with van der Waals surface area (Å²) < 4.78 is 1.60. The summed E-state index contributed by atoms with van der Waals surface area (Å²) in [5, 5.41) is 16.1. The number of benzene rings is 1. The fourth-order valence-corrected chi connectivity index (χ4v) is 3.71. The van der Waals surface area contributed by atoms with Crippen molar-refractivity contribution < 1.29 is 9.90 Å². The second kappa shape index (κ2) is 8.21. The second-order valence-electron chi connectivity index (χ2n) is 8.08. The molecule has 0 aliphatic rings. The quantitative estimate of drug-likeness (QED) is 0.567. The van der Waals surface area contributed by atoms with Crippen LogP contribution in [0.25, 0.3) is 11.0 Å². The van der Waals surface area contributed by atoms with Gasteiger partial charge in [0.1, 0.15) is 0 Å². The van der Waals surface area contributed by atoms with Crippen LogP contribution in [-0.4, -0.2) is 38.9 Å². The zero-order valence-electron chi connectivity index (χ0n) is 17.4. The maximum Gasteiger partial charge on any atom is 0.273 e. The first-order valence-electron chi connectivity index (χ1n) is 9.70. The van der Waals surface area contributed by atoms with Crippen LogP contribution in [0.3, 0.4) is 0 Å². The van der Waals surface area contributed by atoms with Crippen molar-refractivity contribution in [2.24, 2.45) is 12.5 Å². The Labute approximate surface area is 169 Å². The third kappa shape index (κ3) is 4.40. The van der Waals surface area contributed by atoms with E-state index in [0.717, 1.165) is 22.4 Å². The van der Waals surface area contributed by atoms with Gasteiger partial charge in [0.25, 0.3) is 5.56 Å². The summed E-state index contributed by atoms with van der Waals surface area (Å²) in [6.07, 6.45) is 0.803. The molecule has 2 heterocycles. The van der Waals surface area contributed by atoms with Crippen molar-refractivity contribution in [3.63, 3.8) is 0 Å². The number of carbonyl (C=O) groups excluding carboxylic acids is 1. The summed E-state index contributed by atoms with van der Waals surface area (Å²) in [6.45, 7) is 5.97. The number of H-pyrrole nitrogens is 1. The molecule has 3 rings (SSSR count). The number of nitrogens with one attached hydrogen (secondary N) is 2. The number of hydrogen-bond acceptors (Lipinski definition) is 4. The number of pyridine rings is 1. The highest BCUT2D eigenvalue weighted by Gasteiger charge is 2.25. The van der Waals surface area contributed by atoms with Crippen LogP contribution in [0.15, 0.2) is 35.1 Å². The number of hydrogen-bond donors (Lipinski definition) is 3. The molecule has 0 spiro atoms. The van der Waals surface area contributed by atoms with E-state index in [-0.39, 0.29) is 24.5 Å². The number of nitrogens with zero attached hydrogens (tertiary/aromatic N) is 2. The Morgan fingerprint density at radius 3 is 2.62 bits per heavy atom.